The number of rotatable bonds is 3. The van der Waals surface area contributed by atoms with E-state index in [1.807, 2.05) is 12.3 Å². The molecule has 0 bridgehead atoms. The molecule has 4 rings (SSSR count). The van der Waals surface area contributed by atoms with Gasteiger partial charge in [-0.25, -0.2) is 9.37 Å². The molecular formula is C18H20FN3S. The Bertz CT molecular complexity index is 809. The van der Waals surface area contributed by atoms with Crippen molar-refractivity contribution in [3.8, 4) is 0 Å². The van der Waals surface area contributed by atoms with Crippen LogP contribution in [0.15, 0.2) is 29.8 Å². The topological polar surface area (TPSA) is 31.9 Å². The van der Waals surface area contributed by atoms with Gasteiger partial charge < -0.3 is 4.98 Å². The van der Waals surface area contributed by atoms with Crippen LogP contribution in [-0.2, 0) is 6.54 Å². The van der Waals surface area contributed by atoms with E-state index in [4.69, 9.17) is 0 Å². The molecule has 1 aliphatic heterocycles. The molecule has 1 fully saturated rings. The molecule has 0 saturated carbocycles. The molecular weight excluding hydrogens is 309 g/mol. The molecule has 120 valence electrons. The minimum absolute atomic E-state index is 0.173. The number of halogens is 1. The van der Waals surface area contributed by atoms with Gasteiger partial charge in [0, 0.05) is 47.2 Å². The molecule has 3 aromatic rings. The first-order valence-electron chi connectivity index (χ1n) is 8.09. The summed E-state index contributed by atoms with van der Waals surface area (Å²) in [6.45, 7) is 5.14. The number of aromatic nitrogens is 2. The summed E-state index contributed by atoms with van der Waals surface area (Å²) < 4.78 is 13.5. The van der Waals surface area contributed by atoms with E-state index < -0.39 is 0 Å². The van der Waals surface area contributed by atoms with E-state index in [1.54, 1.807) is 17.4 Å². The highest BCUT2D eigenvalue weighted by Crippen LogP contribution is 2.30. The van der Waals surface area contributed by atoms with Crippen molar-refractivity contribution in [3.05, 3.63) is 51.9 Å². The molecule has 1 aliphatic rings. The van der Waals surface area contributed by atoms with Gasteiger partial charge in [0.1, 0.15) is 5.82 Å². The van der Waals surface area contributed by atoms with E-state index in [2.05, 4.69) is 27.2 Å². The van der Waals surface area contributed by atoms with E-state index >= 15 is 0 Å². The number of hydrogen-bond donors (Lipinski definition) is 1. The molecule has 0 spiro atoms. The zero-order valence-corrected chi connectivity index (χ0v) is 14.0. The maximum Gasteiger partial charge on any atom is 0.123 e. The maximum absolute atomic E-state index is 13.5. The molecule has 3 heterocycles. The fourth-order valence-corrected chi connectivity index (χ4v) is 4.34. The van der Waals surface area contributed by atoms with E-state index in [-0.39, 0.29) is 5.82 Å². The number of piperidine rings is 1. The number of thiazole rings is 1. The first-order valence-corrected chi connectivity index (χ1v) is 8.97. The van der Waals surface area contributed by atoms with Crippen LogP contribution < -0.4 is 0 Å². The number of hydrogen-bond acceptors (Lipinski definition) is 3. The van der Waals surface area contributed by atoms with Gasteiger partial charge in [-0.05, 0) is 50.1 Å². The number of aryl methyl sites for hydroxylation is 1. The molecule has 1 aromatic carbocycles. The third kappa shape index (κ3) is 2.91. The Labute approximate surface area is 139 Å². The lowest BCUT2D eigenvalue weighted by Gasteiger charge is -2.31. The summed E-state index contributed by atoms with van der Waals surface area (Å²) in [5, 5.41) is 4.31. The molecule has 1 atom stereocenters. The van der Waals surface area contributed by atoms with Crippen LogP contribution in [0.1, 0.15) is 35.0 Å². The van der Waals surface area contributed by atoms with E-state index in [0.717, 1.165) is 36.1 Å². The second kappa shape index (κ2) is 6.06. The highest BCUT2D eigenvalue weighted by molar-refractivity contribution is 7.09. The number of nitrogens with zero attached hydrogens (tertiary/aromatic N) is 2. The Kier molecular flexibility index (Phi) is 3.91. The van der Waals surface area contributed by atoms with E-state index in [9.17, 15) is 4.39 Å². The quantitative estimate of drug-likeness (QED) is 0.770. The molecule has 0 radical (unpaired) electrons. The van der Waals surface area contributed by atoms with Crippen LogP contribution in [-0.4, -0.2) is 28.0 Å². The monoisotopic (exact) mass is 329 g/mol. The van der Waals surface area contributed by atoms with Crippen LogP contribution in [0.4, 0.5) is 4.39 Å². The van der Waals surface area contributed by atoms with Gasteiger partial charge in [-0.2, -0.15) is 0 Å². The third-order valence-electron chi connectivity index (χ3n) is 4.81. The van der Waals surface area contributed by atoms with Crippen LogP contribution in [0.2, 0.25) is 0 Å². The Morgan fingerprint density at radius 3 is 3.17 bits per heavy atom. The van der Waals surface area contributed by atoms with E-state index in [0.29, 0.717) is 5.92 Å². The van der Waals surface area contributed by atoms with Gasteiger partial charge in [0.05, 0.1) is 5.01 Å². The average Bonchev–Trinajstić information content (AvgIpc) is 3.18. The summed E-state index contributed by atoms with van der Waals surface area (Å²) in [5.41, 5.74) is 3.38. The minimum Gasteiger partial charge on any atom is -0.357 e. The zero-order valence-electron chi connectivity index (χ0n) is 13.2. The molecule has 23 heavy (non-hydrogen) atoms. The molecule has 0 aliphatic carbocycles. The summed E-state index contributed by atoms with van der Waals surface area (Å²) >= 11 is 1.76. The summed E-state index contributed by atoms with van der Waals surface area (Å²) in [4.78, 5) is 10.4. The van der Waals surface area contributed by atoms with Crippen molar-refractivity contribution in [2.24, 2.45) is 0 Å². The van der Waals surface area contributed by atoms with Crippen LogP contribution in [0.5, 0.6) is 0 Å². The van der Waals surface area contributed by atoms with Crippen molar-refractivity contribution in [2.75, 3.05) is 13.1 Å². The van der Waals surface area contributed by atoms with Crippen LogP contribution in [0, 0.1) is 12.7 Å². The zero-order chi connectivity index (χ0) is 15.8. The molecule has 2 aromatic heterocycles. The SMILES string of the molecule is Cc1c(CN2CCCC(c3nccs3)C2)[nH]c2ccc(F)cc12. The van der Waals surface area contributed by atoms with Gasteiger partial charge >= 0.3 is 0 Å². The predicted octanol–water partition coefficient (Wildman–Crippen LogP) is 4.45. The number of aromatic amines is 1. The number of likely N-dealkylation sites (tertiary alicyclic amines) is 1. The van der Waals surface area contributed by atoms with Gasteiger partial charge in [0.25, 0.3) is 0 Å². The molecule has 5 heteroatoms. The molecule has 1 N–H and O–H groups in total. The maximum atomic E-state index is 13.5. The summed E-state index contributed by atoms with van der Waals surface area (Å²) in [5.74, 6) is 0.374. The number of nitrogens with one attached hydrogen (secondary N) is 1. The van der Waals surface area contributed by atoms with Crippen molar-refractivity contribution >= 4 is 22.2 Å². The van der Waals surface area contributed by atoms with Gasteiger partial charge in [-0.1, -0.05) is 0 Å². The Balaban J connectivity index is 1.54. The van der Waals surface area contributed by atoms with Crippen LogP contribution >= 0.6 is 11.3 Å². The Morgan fingerprint density at radius 2 is 2.35 bits per heavy atom. The largest absolute Gasteiger partial charge is 0.357 e. The van der Waals surface area contributed by atoms with Crippen molar-refractivity contribution < 1.29 is 4.39 Å². The lowest BCUT2D eigenvalue weighted by molar-refractivity contribution is 0.198. The van der Waals surface area contributed by atoms with Crippen LogP contribution in [0.3, 0.4) is 0 Å². The fraction of sp³-hybridized carbons (Fsp3) is 0.389. The summed E-state index contributed by atoms with van der Waals surface area (Å²) in [6.07, 6.45) is 4.33. The van der Waals surface area contributed by atoms with Gasteiger partial charge in [-0.15, -0.1) is 11.3 Å². The molecule has 1 unspecified atom stereocenters. The Morgan fingerprint density at radius 1 is 1.43 bits per heavy atom. The van der Waals surface area contributed by atoms with Crippen molar-refractivity contribution in [3.63, 3.8) is 0 Å². The Hall–Kier alpha value is -1.72. The summed E-state index contributed by atoms with van der Waals surface area (Å²) in [6, 6.07) is 4.97. The smallest absolute Gasteiger partial charge is 0.123 e. The number of benzene rings is 1. The second-order valence-corrected chi connectivity index (χ2v) is 7.29. The molecule has 1 saturated heterocycles. The molecule has 3 nitrogen and oxygen atoms in total. The number of H-pyrrole nitrogens is 1. The van der Waals surface area contributed by atoms with Crippen LogP contribution in [0.25, 0.3) is 10.9 Å². The molecule has 0 amide bonds. The lowest BCUT2D eigenvalue weighted by Crippen LogP contribution is -2.34. The lowest BCUT2D eigenvalue weighted by atomic mass is 9.98. The first kappa shape index (κ1) is 14.8. The highest BCUT2D eigenvalue weighted by Gasteiger charge is 2.24. The predicted molar refractivity (Wildman–Crippen MR) is 92.4 cm³/mol. The summed E-state index contributed by atoms with van der Waals surface area (Å²) in [7, 11) is 0. The second-order valence-electron chi connectivity index (χ2n) is 6.36. The van der Waals surface area contributed by atoms with Gasteiger partial charge in [0.15, 0.2) is 0 Å². The minimum atomic E-state index is -0.173. The van der Waals surface area contributed by atoms with E-state index in [1.165, 1.54) is 29.6 Å². The standard InChI is InChI=1S/C18H20FN3S/c1-12-15-9-14(19)4-5-16(15)21-17(12)11-22-7-2-3-13(10-22)18-20-6-8-23-18/h4-6,8-9,13,21H,2-3,7,10-11H2,1H3. The number of fused-ring (bicyclic) bond motifs is 1. The fourth-order valence-electron chi connectivity index (χ4n) is 3.57. The van der Waals surface area contributed by atoms with Gasteiger partial charge in [-0.3, -0.25) is 4.90 Å². The van der Waals surface area contributed by atoms with Gasteiger partial charge in [0.2, 0.25) is 0 Å². The highest BCUT2D eigenvalue weighted by atomic mass is 32.1. The van der Waals surface area contributed by atoms with Crippen molar-refractivity contribution in [1.82, 2.24) is 14.9 Å². The normalized spacial score (nSPS) is 19.5. The third-order valence-corrected chi connectivity index (χ3v) is 5.75. The first-order chi connectivity index (χ1) is 11.2. The van der Waals surface area contributed by atoms with Crippen molar-refractivity contribution in [2.45, 2.75) is 32.2 Å². The van der Waals surface area contributed by atoms with Crippen molar-refractivity contribution in [1.29, 1.82) is 0 Å². The average molecular weight is 329 g/mol.